The maximum atomic E-state index is 13.9. The first-order valence-electron chi connectivity index (χ1n) is 17.4. The second kappa shape index (κ2) is 15.6. The molecule has 2 aromatic carbocycles. The van der Waals surface area contributed by atoms with Crippen LogP contribution >= 0.6 is 0 Å². The zero-order valence-corrected chi connectivity index (χ0v) is 29.7. The van der Waals surface area contributed by atoms with Gasteiger partial charge in [-0.15, -0.1) is 0 Å². The van der Waals surface area contributed by atoms with Crippen LogP contribution < -0.4 is 10.6 Å². The molecule has 3 N–H and O–H groups in total. The first-order valence-corrected chi connectivity index (χ1v) is 17.4. The summed E-state index contributed by atoms with van der Waals surface area (Å²) >= 11 is 0. The first-order chi connectivity index (χ1) is 25.3. The van der Waals surface area contributed by atoms with Gasteiger partial charge in [-0.1, -0.05) is 30.8 Å². The highest BCUT2D eigenvalue weighted by atomic mass is 19.3. The number of carbonyl (C=O) groups is 7. The van der Waals surface area contributed by atoms with Crippen molar-refractivity contribution in [2.45, 2.75) is 108 Å². The predicted octanol–water partition coefficient (Wildman–Crippen LogP) is 3.56. The largest absolute Gasteiger partial charge is 0.384 e. The molecule has 16 heteroatoms. The van der Waals surface area contributed by atoms with Crippen LogP contribution in [0.4, 0.5) is 17.6 Å². The molecule has 2 unspecified atom stereocenters. The summed E-state index contributed by atoms with van der Waals surface area (Å²) in [5.41, 5.74) is 1.84. The van der Waals surface area contributed by atoms with Crippen molar-refractivity contribution in [3.63, 3.8) is 0 Å². The number of hydrogen-bond donors (Lipinski definition) is 3. The Balaban J connectivity index is 0.000000210. The molecule has 0 bridgehead atoms. The summed E-state index contributed by atoms with van der Waals surface area (Å²) in [6.07, 6.45) is -1.86. The molecule has 0 radical (unpaired) electrons. The van der Waals surface area contributed by atoms with E-state index >= 15 is 0 Å². The van der Waals surface area contributed by atoms with Gasteiger partial charge in [0.25, 0.3) is 18.2 Å². The Hall–Kier alpha value is -5.25. The summed E-state index contributed by atoms with van der Waals surface area (Å²) in [5.74, 6) is -7.96. The van der Waals surface area contributed by atoms with Gasteiger partial charge in [0.15, 0.2) is 5.78 Å². The van der Waals surface area contributed by atoms with E-state index in [4.69, 9.17) is 0 Å². The Kier molecular flexibility index (Phi) is 11.6. The second-order valence-electron chi connectivity index (χ2n) is 14.3. The number of benzene rings is 2. The zero-order valence-electron chi connectivity index (χ0n) is 29.7. The summed E-state index contributed by atoms with van der Waals surface area (Å²) in [6, 6.07) is 8.59. The Morgan fingerprint density at radius 3 is 1.76 bits per heavy atom. The highest BCUT2D eigenvalue weighted by Crippen LogP contribution is 2.33. The smallest absolute Gasteiger partial charge is 0.332 e. The lowest BCUT2D eigenvalue weighted by molar-refractivity contribution is -0.180. The number of ketones is 2. The highest BCUT2D eigenvalue weighted by molar-refractivity contribution is 6.05. The molecule has 2 atom stereocenters. The normalized spacial score (nSPS) is 20.0. The van der Waals surface area contributed by atoms with E-state index < -0.39 is 53.9 Å². The molecule has 6 rings (SSSR count). The number of alkyl halides is 4. The lowest BCUT2D eigenvalue weighted by atomic mass is 9.93. The van der Waals surface area contributed by atoms with E-state index in [2.05, 4.69) is 17.2 Å². The molecule has 5 amide bonds. The van der Waals surface area contributed by atoms with Crippen molar-refractivity contribution in [3.05, 3.63) is 82.1 Å². The van der Waals surface area contributed by atoms with Gasteiger partial charge in [0.05, 0.1) is 0 Å². The molecule has 2 aromatic rings. The topological polar surface area (TPSA) is 170 Å². The van der Waals surface area contributed by atoms with E-state index in [1.54, 1.807) is 36.4 Å². The summed E-state index contributed by atoms with van der Waals surface area (Å²) in [7, 11) is 0. The standard InChI is InChI=1S/C20H22F2N2O5.C18H18F2N2O3/c1-19(2,29)20(21,22)15(25)7-4-11-3-5-13-12(9-11)10-24(18(13)28)14-6-8-16(26)23-17(14)27;1-10-2-6-14(17(24)21-10)22-9-12-8-11(3-5-13(12)18(22)25)4-7-15(23)16(19)20/h3,5,9,14,29H,4,6-8,10H2,1-2H3,(H,23,26,27);3,5,8,14,16H,1-2,4,6-7,9H2,(H,21,24). The van der Waals surface area contributed by atoms with Gasteiger partial charge in [0.1, 0.15) is 17.7 Å². The molecule has 0 spiro atoms. The Morgan fingerprint density at radius 1 is 0.815 bits per heavy atom. The van der Waals surface area contributed by atoms with Crippen LogP contribution in [0.2, 0.25) is 0 Å². The number of aliphatic hydroxyl groups is 1. The fourth-order valence-corrected chi connectivity index (χ4v) is 6.78. The van der Waals surface area contributed by atoms with E-state index in [9.17, 15) is 56.2 Å². The number of piperidine rings is 2. The Bertz CT molecular complexity index is 1920. The van der Waals surface area contributed by atoms with Crippen molar-refractivity contribution >= 4 is 41.1 Å². The molecule has 2 saturated heterocycles. The third-order valence-corrected chi connectivity index (χ3v) is 9.95. The molecule has 0 aliphatic carbocycles. The number of fused-ring (bicyclic) bond motifs is 2. The number of carbonyl (C=O) groups excluding carboxylic acids is 7. The molecule has 4 aliphatic heterocycles. The predicted molar refractivity (Wildman–Crippen MR) is 183 cm³/mol. The van der Waals surface area contributed by atoms with Crippen LogP contribution in [-0.2, 0) is 49.9 Å². The lowest BCUT2D eigenvalue weighted by Gasteiger charge is -2.30. The molecular formula is C38H40F4N4O8. The van der Waals surface area contributed by atoms with Crippen molar-refractivity contribution in [3.8, 4) is 0 Å². The lowest BCUT2D eigenvalue weighted by Crippen LogP contribution is -2.52. The summed E-state index contributed by atoms with van der Waals surface area (Å²) < 4.78 is 52.4. The summed E-state index contributed by atoms with van der Waals surface area (Å²) in [6.45, 7) is 5.96. The maximum Gasteiger partial charge on any atom is 0.332 e. The average molecular weight is 757 g/mol. The van der Waals surface area contributed by atoms with Crippen molar-refractivity contribution in [1.82, 2.24) is 20.4 Å². The van der Waals surface area contributed by atoms with Gasteiger partial charge in [0, 0.05) is 49.2 Å². The molecule has 4 aliphatic rings. The quantitative estimate of drug-likeness (QED) is 0.231. The number of allylic oxidation sites excluding steroid dienone is 1. The van der Waals surface area contributed by atoms with Gasteiger partial charge in [-0.2, -0.15) is 8.78 Å². The van der Waals surface area contributed by atoms with Gasteiger partial charge >= 0.3 is 5.92 Å². The number of imide groups is 1. The van der Waals surface area contributed by atoms with Crippen LogP contribution in [0.3, 0.4) is 0 Å². The molecule has 2 fully saturated rings. The van der Waals surface area contributed by atoms with Crippen molar-refractivity contribution < 1.29 is 56.2 Å². The maximum absolute atomic E-state index is 13.9. The number of hydrogen-bond acceptors (Lipinski definition) is 8. The number of halogens is 4. The van der Waals surface area contributed by atoms with Crippen LogP contribution in [0.25, 0.3) is 0 Å². The first kappa shape index (κ1) is 39.9. The molecule has 4 heterocycles. The van der Waals surface area contributed by atoms with Crippen molar-refractivity contribution in [2.24, 2.45) is 0 Å². The third kappa shape index (κ3) is 8.43. The fraction of sp³-hybridized carbons (Fsp3) is 0.447. The molecule has 54 heavy (non-hydrogen) atoms. The van der Waals surface area contributed by atoms with E-state index in [0.29, 0.717) is 47.3 Å². The van der Waals surface area contributed by atoms with Crippen LogP contribution in [0, 0.1) is 0 Å². The number of nitrogens with zero attached hydrogens (tertiary/aromatic N) is 2. The molecule has 0 aromatic heterocycles. The molecule has 288 valence electrons. The minimum atomic E-state index is -3.86. The van der Waals surface area contributed by atoms with Crippen LogP contribution in [0.15, 0.2) is 48.7 Å². The van der Waals surface area contributed by atoms with Crippen molar-refractivity contribution in [1.29, 1.82) is 0 Å². The Morgan fingerprint density at radius 2 is 1.30 bits per heavy atom. The van der Waals surface area contributed by atoms with Crippen LogP contribution in [0.1, 0.15) is 95.3 Å². The van der Waals surface area contributed by atoms with Gasteiger partial charge in [-0.25, -0.2) is 8.78 Å². The van der Waals surface area contributed by atoms with E-state index in [-0.39, 0.29) is 62.3 Å². The SMILES string of the molecule is C=C1CCC(N2Cc3cc(CCC(=O)C(F)F)ccc3C2=O)C(=O)N1.CC(C)(O)C(F)(F)C(=O)CCc1ccc2c(c1)CN(C1CCC(=O)NC1=O)C2=O. The molecule has 0 saturated carbocycles. The number of Topliss-reactive ketones (excluding diaryl/α,β-unsaturated/α-hetero) is 2. The van der Waals surface area contributed by atoms with E-state index in [1.165, 1.54) is 9.80 Å². The molecular weight excluding hydrogens is 716 g/mol. The number of aryl methyl sites for hydroxylation is 2. The van der Waals surface area contributed by atoms with E-state index in [0.717, 1.165) is 25.0 Å². The van der Waals surface area contributed by atoms with Gasteiger partial charge in [-0.05, 0) is 80.3 Å². The summed E-state index contributed by atoms with van der Waals surface area (Å²) in [4.78, 5) is 86.5. The average Bonchev–Trinajstić information content (AvgIpc) is 3.60. The Labute approximate surface area is 307 Å². The zero-order chi connectivity index (χ0) is 39.7. The number of amides is 5. The van der Waals surface area contributed by atoms with Crippen LogP contribution in [0.5, 0.6) is 0 Å². The minimum absolute atomic E-state index is 0.0321. The minimum Gasteiger partial charge on any atom is -0.384 e. The fourth-order valence-electron chi connectivity index (χ4n) is 6.78. The van der Waals surface area contributed by atoms with E-state index in [1.807, 2.05) is 0 Å². The van der Waals surface area contributed by atoms with Gasteiger partial charge < -0.3 is 20.2 Å². The summed E-state index contributed by atoms with van der Waals surface area (Å²) in [5, 5.41) is 14.4. The van der Waals surface area contributed by atoms with Crippen molar-refractivity contribution in [2.75, 3.05) is 0 Å². The third-order valence-electron chi connectivity index (χ3n) is 9.95. The van der Waals surface area contributed by atoms with Gasteiger partial charge in [0.2, 0.25) is 23.5 Å². The number of rotatable bonds is 11. The molecule has 12 nitrogen and oxygen atoms in total. The number of nitrogens with one attached hydrogen (secondary N) is 2. The second-order valence-corrected chi connectivity index (χ2v) is 14.3. The van der Waals surface area contributed by atoms with Gasteiger partial charge in [-0.3, -0.25) is 38.9 Å². The monoisotopic (exact) mass is 756 g/mol. The van der Waals surface area contributed by atoms with Crippen LogP contribution in [-0.4, -0.2) is 86.0 Å². The highest BCUT2D eigenvalue weighted by Gasteiger charge is 2.51.